The van der Waals surface area contributed by atoms with Crippen molar-refractivity contribution in [1.29, 1.82) is 5.26 Å². The normalized spacial score (nSPS) is 9.38. The molecule has 2 rings (SSSR count). The maximum absolute atomic E-state index is 9.18. The molecule has 0 aromatic heterocycles. The first kappa shape index (κ1) is 14.7. The van der Waals surface area contributed by atoms with Crippen LogP contribution in [0.25, 0.3) is 0 Å². The maximum atomic E-state index is 9.18. The predicted molar refractivity (Wildman–Crippen MR) is 83.7 cm³/mol. The lowest BCUT2D eigenvalue weighted by Crippen LogP contribution is -2.18. The lowest BCUT2D eigenvalue weighted by atomic mass is 10.1. The molecule has 0 saturated carbocycles. The van der Waals surface area contributed by atoms with Crippen molar-refractivity contribution < 1.29 is 5.11 Å². The van der Waals surface area contributed by atoms with E-state index in [4.69, 9.17) is 5.11 Å². The van der Waals surface area contributed by atoms with Gasteiger partial charge >= 0.3 is 0 Å². The number of benzene rings is 2. The van der Waals surface area contributed by atoms with Crippen LogP contribution in [0, 0.1) is 23.2 Å². The topological polar surface area (TPSA) is 47.3 Å². The lowest BCUT2D eigenvalue weighted by molar-refractivity contribution is 0.350. The molecule has 3 heteroatoms. The van der Waals surface area contributed by atoms with Crippen LogP contribution in [0.3, 0.4) is 0 Å². The summed E-state index contributed by atoms with van der Waals surface area (Å²) in [4.78, 5) is 2.03. The molecule has 0 aliphatic carbocycles. The summed E-state index contributed by atoms with van der Waals surface area (Å²) in [5.41, 5.74) is 3.50. The van der Waals surface area contributed by atoms with Crippen molar-refractivity contribution >= 4 is 5.69 Å². The van der Waals surface area contributed by atoms with Gasteiger partial charge in [0.2, 0.25) is 0 Å². The highest BCUT2D eigenvalue weighted by Crippen LogP contribution is 2.21. The Morgan fingerprint density at radius 2 is 1.71 bits per heavy atom. The fourth-order valence-electron chi connectivity index (χ4n) is 2.16. The molecule has 2 aromatic carbocycles. The smallest absolute Gasteiger partial charge is 0.104 e. The van der Waals surface area contributed by atoms with E-state index in [1.54, 1.807) is 0 Å². The Kier molecular flexibility index (Phi) is 4.99. The van der Waals surface area contributed by atoms with Gasteiger partial charge < -0.3 is 10.0 Å². The Bertz CT molecular complexity index is 720. The molecule has 0 atom stereocenters. The number of para-hydroxylation sites is 1. The van der Waals surface area contributed by atoms with E-state index in [0.29, 0.717) is 12.1 Å². The van der Waals surface area contributed by atoms with Gasteiger partial charge in [0.15, 0.2) is 0 Å². The monoisotopic (exact) mass is 276 g/mol. The van der Waals surface area contributed by atoms with E-state index in [9.17, 15) is 5.26 Å². The van der Waals surface area contributed by atoms with Gasteiger partial charge in [-0.2, -0.15) is 5.26 Å². The Hall–Kier alpha value is -2.75. The summed E-state index contributed by atoms with van der Waals surface area (Å²) < 4.78 is 0. The molecule has 0 unspecified atom stereocenters. The van der Waals surface area contributed by atoms with E-state index in [0.717, 1.165) is 16.8 Å². The van der Waals surface area contributed by atoms with Gasteiger partial charge in [-0.25, -0.2) is 0 Å². The molecule has 0 fully saturated rings. The van der Waals surface area contributed by atoms with Crippen LogP contribution in [0.1, 0.15) is 16.7 Å². The highest BCUT2D eigenvalue weighted by Gasteiger charge is 2.08. The van der Waals surface area contributed by atoms with Gasteiger partial charge in [0, 0.05) is 19.2 Å². The molecule has 0 radical (unpaired) electrons. The summed E-state index contributed by atoms with van der Waals surface area (Å²) in [5, 5.41) is 18.0. The van der Waals surface area contributed by atoms with Gasteiger partial charge in [-0.1, -0.05) is 42.2 Å². The summed E-state index contributed by atoms with van der Waals surface area (Å²) >= 11 is 0. The number of hydrogen-bond acceptors (Lipinski definition) is 3. The third kappa shape index (κ3) is 3.63. The van der Waals surface area contributed by atoms with Crippen molar-refractivity contribution in [1.82, 2.24) is 0 Å². The molecule has 0 amide bonds. The van der Waals surface area contributed by atoms with Gasteiger partial charge in [0.25, 0.3) is 0 Å². The third-order valence-electron chi connectivity index (χ3n) is 3.16. The minimum Gasteiger partial charge on any atom is -0.384 e. The molecule has 104 valence electrons. The molecule has 0 aliphatic heterocycles. The number of hydrogen-bond donors (Lipinski definition) is 1. The number of rotatable bonds is 3. The minimum atomic E-state index is -0.151. The fourth-order valence-corrected chi connectivity index (χ4v) is 2.16. The second kappa shape index (κ2) is 7.14. The second-order valence-electron chi connectivity index (χ2n) is 4.60. The zero-order valence-electron chi connectivity index (χ0n) is 11.9. The molecule has 0 spiro atoms. The average Bonchev–Trinajstić information content (AvgIpc) is 2.54. The second-order valence-corrected chi connectivity index (χ2v) is 4.60. The quantitative estimate of drug-likeness (QED) is 0.876. The largest absolute Gasteiger partial charge is 0.384 e. The SMILES string of the molecule is CN(Cc1ccccc1C#CCO)c1ccccc1C#N. The Balaban J connectivity index is 2.28. The number of anilines is 1. The van der Waals surface area contributed by atoms with Crippen LogP contribution < -0.4 is 4.90 Å². The highest BCUT2D eigenvalue weighted by molar-refractivity contribution is 5.59. The first-order valence-corrected chi connectivity index (χ1v) is 6.64. The zero-order chi connectivity index (χ0) is 15.1. The van der Waals surface area contributed by atoms with Gasteiger partial charge in [-0.3, -0.25) is 0 Å². The molecule has 0 aliphatic rings. The minimum absolute atomic E-state index is 0.151. The average molecular weight is 276 g/mol. The molecular weight excluding hydrogens is 260 g/mol. The Morgan fingerprint density at radius 3 is 2.43 bits per heavy atom. The van der Waals surface area contributed by atoms with Crippen LogP contribution in [0.4, 0.5) is 5.69 Å². The van der Waals surface area contributed by atoms with Crippen molar-refractivity contribution in [3.63, 3.8) is 0 Å². The van der Waals surface area contributed by atoms with Gasteiger partial charge in [-0.05, 0) is 23.8 Å². The van der Waals surface area contributed by atoms with Crippen molar-refractivity contribution in [2.75, 3.05) is 18.6 Å². The van der Waals surface area contributed by atoms with E-state index in [1.807, 2.05) is 60.5 Å². The number of aliphatic hydroxyl groups excluding tert-OH is 1. The van der Waals surface area contributed by atoms with Gasteiger partial charge in [0.1, 0.15) is 12.7 Å². The van der Waals surface area contributed by atoms with E-state index in [-0.39, 0.29) is 6.61 Å². The fraction of sp³-hybridized carbons (Fsp3) is 0.167. The summed E-state index contributed by atoms with van der Waals surface area (Å²) in [6.07, 6.45) is 0. The number of nitrogens with zero attached hydrogens (tertiary/aromatic N) is 2. The maximum Gasteiger partial charge on any atom is 0.104 e. The number of nitriles is 1. The molecule has 1 N–H and O–H groups in total. The summed E-state index contributed by atoms with van der Waals surface area (Å²) in [7, 11) is 1.95. The van der Waals surface area contributed by atoms with Crippen LogP contribution in [-0.2, 0) is 6.54 Å². The molecule has 0 bridgehead atoms. The summed E-state index contributed by atoms with van der Waals surface area (Å²) in [6.45, 7) is 0.496. The van der Waals surface area contributed by atoms with Crippen LogP contribution in [0.2, 0.25) is 0 Å². The van der Waals surface area contributed by atoms with Crippen LogP contribution in [0.15, 0.2) is 48.5 Å². The standard InChI is InChI=1S/C18H16N2O/c1-20(18-11-5-4-8-16(18)13-19)14-17-9-3-2-7-15(17)10-6-12-21/h2-5,7-9,11,21H,12,14H2,1H3. The molecule has 0 heterocycles. The van der Waals surface area contributed by atoms with Crippen LogP contribution in [-0.4, -0.2) is 18.8 Å². The van der Waals surface area contributed by atoms with Crippen molar-refractivity contribution in [2.24, 2.45) is 0 Å². The summed E-state index contributed by atoms with van der Waals surface area (Å²) in [5.74, 6) is 5.63. The van der Waals surface area contributed by atoms with Crippen LogP contribution in [0.5, 0.6) is 0 Å². The molecule has 3 nitrogen and oxygen atoms in total. The van der Waals surface area contributed by atoms with Gasteiger partial charge in [0.05, 0.1) is 11.3 Å². The predicted octanol–water partition coefficient (Wildman–Crippen LogP) is 2.54. The van der Waals surface area contributed by atoms with E-state index in [2.05, 4.69) is 17.9 Å². The van der Waals surface area contributed by atoms with E-state index in [1.165, 1.54) is 0 Å². The molecule has 2 aromatic rings. The third-order valence-corrected chi connectivity index (χ3v) is 3.16. The zero-order valence-corrected chi connectivity index (χ0v) is 11.9. The van der Waals surface area contributed by atoms with E-state index < -0.39 is 0 Å². The van der Waals surface area contributed by atoms with Crippen molar-refractivity contribution in [3.05, 3.63) is 65.2 Å². The first-order valence-electron chi connectivity index (χ1n) is 6.64. The Morgan fingerprint density at radius 1 is 1.05 bits per heavy atom. The molecule has 21 heavy (non-hydrogen) atoms. The van der Waals surface area contributed by atoms with E-state index >= 15 is 0 Å². The lowest BCUT2D eigenvalue weighted by Gasteiger charge is -2.21. The van der Waals surface area contributed by atoms with Crippen molar-refractivity contribution in [2.45, 2.75) is 6.54 Å². The highest BCUT2D eigenvalue weighted by atomic mass is 16.2. The molecular formula is C18H16N2O. The van der Waals surface area contributed by atoms with Gasteiger partial charge in [-0.15, -0.1) is 0 Å². The number of aliphatic hydroxyl groups is 1. The van der Waals surface area contributed by atoms with Crippen LogP contribution >= 0.6 is 0 Å². The Labute approximate surface area is 125 Å². The first-order chi connectivity index (χ1) is 10.3. The van der Waals surface area contributed by atoms with Crippen molar-refractivity contribution in [3.8, 4) is 17.9 Å². The molecule has 0 saturated heterocycles. The summed E-state index contributed by atoms with van der Waals surface area (Å²) in [6, 6.07) is 17.6.